The van der Waals surface area contributed by atoms with Crippen molar-refractivity contribution in [1.29, 1.82) is 0 Å². The normalized spacial score (nSPS) is 12.0. The first-order valence-corrected chi connectivity index (χ1v) is 3.50. The van der Waals surface area contributed by atoms with Gasteiger partial charge in [0.2, 0.25) is 0 Å². The van der Waals surface area contributed by atoms with Crippen LogP contribution in [0.4, 0.5) is 0 Å². The predicted molar refractivity (Wildman–Crippen MR) is 47.2 cm³/mol. The highest BCUT2D eigenvalue weighted by Gasteiger charge is 2.02. The van der Waals surface area contributed by atoms with Crippen molar-refractivity contribution < 1.29 is 9.90 Å². The molecule has 0 bridgehead atoms. The molecule has 0 radical (unpaired) electrons. The average molecular weight is 171 g/mol. The summed E-state index contributed by atoms with van der Waals surface area (Å²) >= 11 is 0. The summed E-state index contributed by atoms with van der Waals surface area (Å²) in [6.07, 6.45) is 2.83. The molecule has 0 saturated heterocycles. The van der Waals surface area contributed by atoms with E-state index in [0.29, 0.717) is 6.54 Å². The van der Waals surface area contributed by atoms with E-state index in [2.05, 4.69) is 15.6 Å². The molecule has 5 heteroatoms. The van der Waals surface area contributed by atoms with Crippen LogP contribution in [-0.2, 0) is 4.79 Å². The first-order chi connectivity index (χ1) is 5.72. The number of hydrogen-bond acceptors (Lipinski definition) is 3. The Balaban J connectivity index is 4.22. The monoisotopic (exact) mass is 171 g/mol. The number of nitrogens with one attached hydrogen (secondary N) is 2. The zero-order valence-corrected chi connectivity index (χ0v) is 7.16. The highest BCUT2D eigenvalue weighted by molar-refractivity contribution is 5.87. The van der Waals surface area contributed by atoms with Crippen LogP contribution in [-0.4, -0.2) is 38.1 Å². The Kier molecular flexibility index (Phi) is 5.64. The summed E-state index contributed by atoms with van der Waals surface area (Å²) in [6.45, 7) is 0.489. The molecule has 0 unspecified atom stereocenters. The van der Waals surface area contributed by atoms with Crippen molar-refractivity contribution in [2.75, 3.05) is 20.6 Å². The molecule has 0 amide bonds. The first kappa shape index (κ1) is 10.6. The topological polar surface area (TPSA) is 73.7 Å². The number of aliphatic carboxylic acids is 1. The molecule has 0 saturated carbocycles. The number of likely N-dealkylation sites (N-methyl/N-ethyl adjacent to an activating group) is 1. The fourth-order valence-corrected chi connectivity index (χ4v) is 0.528. The maximum Gasteiger partial charge on any atom is 0.354 e. The molecule has 12 heavy (non-hydrogen) atoms. The van der Waals surface area contributed by atoms with Gasteiger partial charge in [-0.3, -0.25) is 0 Å². The molecule has 0 aliphatic carbocycles. The maximum absolute atomic E-state index is 10.5. The number of carboxylic acid groups (broad SMARTS) is 1. The largest absolute Gasteiger partial charge is 0.477 e. The van der Waals surface area contributed by atoms with Crippen molar-refractivity contribution in [3.63, 3.8) is 0 Å². The standard InChI is InChI=1S/C7H13N3O2/c1-8-4-3-6(7(11)12)10-5-9-2/h3,5,8H,4H2,1-2H3,(H,9,10)(H,11,12)/b6-3-. The zero-order valence-electron chi connectivity index (χ0n) is 7.16. The molecular formula is C7H13N3O2. The third-order valence-corrected chi connectivity index (χ3v) is 1.05. The summed E-state index contributed by atoms with van der Waals surface area (Å²) < 4.78 is 0. The van der Waals surface area contributed by atoms with E-state index in [0.717, 1.165) is 0 Å². The summed E-state index contributed by atoms with van der Waals surface area (Å²) in [5.74, 6) is -1.03. The second-order valence-electron chi connectivity index (χ2n) is 2.00. The Bertz CT molecular complexity index is 199. The van der Waals surface area contributed by atoms with Crippen LogP contribution in [0.1, 0.15) is 0 Å². The molecule has 0 aromatic rings. The van der Waals surface area contributed by atoms with Crippen LogP contribution in [0.25, 0.3) is 0 Å². The zero-order chi connectivity index (χ0) is 9.40. The van der Waals surface area contributed by atoms with Gasteiger partial charge in [0.05, 0.1) is 6.34 Å². The summed E-state index contributed by atoms with van der Waals surface area (Å²) in [4.78, 5) is 14.1. The number of carboxylic acids is 1. The van der Waals surface area contributed by atoms with Crippen LogP contribution in [0, 0.1) is 0 Å². The second-order valence-corrected chi connectivity index (χ2v) is 2.00. The van der Waals surface area contributed by atoms with Crippen LogP contribution < -0.4 is 10.6 Å². The van der Waals surface area contributed by atoms with E-state index in [1.54, 1.807) is 14.1 Å². The summed E-state index contributed by atoms with van der Waals surface area (Å²) in [7, 11) is 3.39. The van der Waals surface area contributed by atoms with Crippen LogP contribution in [0.15, 0.2) is 16.8 Å². The summed E-state index contributed by atoms with van der Waals surface area (Å²) in [5.41, 5.74) is 0.0266. The van der Waals surface area contributed by atoms with E-state index in [-0.39, 0.29) is 5.70 Å². The van der Waals surface area contributed by atoms with Crippen molar-refractivity contribution in [2.24, 2.45) is 4.99 Å². The molecule has 0 aromatic heterocycles. The fourth-order valence-electron chi connectivity index (χ4n) is 0.528. The molecule has 0 atom stereocenters. The van der Waals surface area contributed by atoms with Gasteiger partial charge in [-0.1, -0.05) is 0 Å². The fraction of sp³-hybridized carbons (Fsp3) is 0.429. The predicted octanol–water partition coefficient (Wildman–Crippen LogP) is -0.578. The van der Waals surface area contributed by atoms with Gasteiger partial charge in [-0.15, -0.1) is 0 Å². The number of hydrogen-bond donors (Lipinski definition) is 3. The van der Waals surface area contributed by atoms with E-state index in [1.807, 2.05) is 0 Å². The van der Waals surface area contributed by atoms with E-state index < -0.39 is 5.97 Å². The van der Waals surface area contributed by atoms with Gasteiger partial charge in [-0.05, 0) is 13.1 Å². The van der Waals surface area contributed by atoms with Crippen LogP contribution in [0.5, 0.6) is 0 Å². The number of carbonyl (C=O) groups is 1. The van der Waals surface area contributed by atoms with Gasteiger partial charge in [0.25, 0.3) is 0 Å². The number of rotatable bonds is 5. The minimum absolute atomic E-state index is 0.0266. The third kappa shape index (κ3) is 4.45. The van der Waals surface area contributed by atoms with Gasteiger partial charge in [0, 0.05) is 13.6 Å². The number of aliphatic imine (C=N–C) groups is 1. The Labute approximate surface area is 71.2 Å². The van der Waals surface area contributed by atoms with Crippen molar-refractivity contribution in [2.45, 2.75) is 0 Å². The van der Waals surface area contributed by atoms with Crippen LogP contribution in [0.2, 0.25) is 0 Å². The van der Waals surface area contributed by atoms with Crippen molar-refractivity contribution >= 4 is 12.3 Å². The van der Waals surface area contributed by atoms with Gasteiger partial charge in [-0.25, -0.2) is 9.79 Å². The molecule has 0 rings (SSSR count). The highest BCUT2D eigenvalue weighted by Crippen LogP contribution is 1.93. The SMILES string of the molecule is CN/C=N\C(=C/CNC)C(=O)O. The lowest BCUT2D eigenvalue weighted by atomic mass is 10.4. The lowest BCUT2D eigenvalue weighted by Gasteiger charge is -1.94. The van der Waals surface area contributed by atoms with E-state index in [9.17, 15) is 4.79 Å². The molecule has 0 aromatic carbocycles. The van der Waals surface area contributed by atoms with Crippen molar-refractivity contribution in [3.05, 3.63) is 11.8 Å². The van der Waals surface area contributed by atoms with E-state index in [4.69, 9.17) is 5.11 Å². The quantitative estimate of drug-likeness (QED) is 0.294. The average Bonchev–Trinajstić information content (AvgIpc) is 2.04. The van der Waals surface area contributed by atoms with Gasteiger partial charge >= 0.3 is 5.97 Å². The minimum atomic E-state index is -1.03. The van der Waals surface area contributed by atoms with Crippen molar-refractivity contribution in [3.8, 4) is 0 Å². The van der Waals surface area contributed by atoms with Gasteiger partial charge in [-0.2, -0.15) is 0 Å². The molecule has 3 N–H and O–H groups in total. The smallest absolute Gasteiger partial charge is 0.354 e. The van der Waals surface area contributed by atoms with Crippen LogP contribution >= 0.6 is 0 Å². The maximum atomic E-state index is 10.5. The molecule has 5 nitrogen and oxygen atoms in total. The first-order valence-electron chi connectivity index (χ1n) is 3.50. The molecule has 0 aliphatic rings. The Morgan fingerprint density at radius 2 is 2.25 bits per heavy atom. The van der Waals surface area contributed by atoms with Crippen LogP contribution in [0.3, 0.4) is 0 Å². The Morgan fingerprint density at radius 3 is 2.67 bits per heavy atom. The molecule has 0 fully saturated rings. The Morgan fingerprint density at radius 1 is 1.58 bits per heavy atom. The Hall–Kier alpha value is -1.36. The molecule has 0 aliphatic heterocycles. The minimum Gasteiger partial charge on any atom is -0.477 e. The molecular weight excluding hydrogens is 158 g/mol. The molecule has 0 spiro atoms. The third-order valence-electron chi connectivity index (χ3n) is 1.05. The highest BCUT2D eigenvalue weighted by atomic mass is 16.4. The van der Waals surface area contributed by atoms with Gasteiger partial charge < -0.3 is 15.7 Å². The molecule has 68 valence electrons. The lowest BCUT2D eigenvalue weighted by molar-refractivity contribution is -0.132. The second kappa shape index (κ2) is 6.36. The summed E-state index contributed by atoms with van der Waals surface area (Å²) in [6, 6.07) is 0. The van der Waals surface area contributed by atoms with Gasteiger partial charge in [0.15, 0.2) is 0 Å². The van der Waals surface area contributed by atoms with Gasteiger partial charge in [0.1, 0.15) is 5.70 Å². The molecule has 0 heterocycles. The van der Waals surface area contributed by atoms with E-state index in [1.165, 1.54) is 12.4 Å². The summed E-state index contributed by atoms with van der Waals surface area (Å²) in [5, 5.41) is 14.0. The number of nitrogens with zero attached hydrogens (tertiary/aromatic N) is 1. The van der Waals surface area contributed by atoms with E-state index >= 15 is 0 Å². The lowest BCUT2D eigenvalue weighted by Crippen LogP contribution is -2.09. The van der Waals surface area contributed by atoms with Crippen molar-refractivity contribution in [1.82, 2.24) is 10.6 Å².